The van der Waals surface area contributed by atoms with E-state index >= 15 is 0 Å². The molecule has 0 radical (unpaired) electrons. The van der Waals surface area contributed by atoms with Crippen LogP contribution in [0, 0.1) is 5.92 Å². The van der Waals surface area contributed by atoms with Gasteiger partial charge in [-0.05, 0) is 6.42 Å². The van der Waals surface area contributed by atoms with Crippen molar-refractivity contribution < 1.29 is 58.4 Å². The number of thioether (sulfide) groups is 1. The second-order valence-electron chi connectivity index (χ2n) is 8.59. The van der Waals surface area contributed by atoms with Crippen molar-refractivity contribution in [1.82, 2.24) is 15.5 Å². The molecule has 0 aromatic heterocycles. The lowest BCUT2D eigenvalue weighted by atomic mass is 10.1. The minimum absolute atomic E-state index is 0.0468. The van der Waals surface area contributed by atoms with Crippen molar-refractivity contribution in [3.63, 3.8) is 0 Å². The number of hydrogen-bond acceptors (Lipinski definition) is 11. The molecule has 0 aliphatic carbocycles. The van der Waals surface area contributed by atoms with Gasteiger partial charge in [-0.3, -0.25) is 28.8 Å². The number of nitrogens with one attached hydrogen (secondary N) is 2. The summed E-state index contributed by atoms with van der Waals surface area (Å²) in [6, 6.07) is -2.58. The van der Waals surface area contributed by atoms with Gasteiger partial charge in [0.05, 0.1) is 38.1 Å². The normalized spacial score (nSPS) is 13.8. The number of aldehydes is 1. The van der Waals surface area contributed by atoms with E-state index in [0.717, 1.165) is 11.8 Å². The third kappa shape index (κ3) is 16.6. The van der Waals surface area contributed by atoms with Gasteiger partial charge in [-0.15, -0.1) is 11.8 Å². The number of aliphatic carboxylic acids is 3. The van der Waals surface area contributed by atoms with Gasteiger partial charge in [0.1, 0.15) is 24.9 Å². The molecule has 0 bridgehead atoms. The minimum atomic E-state index is -1.32. The number of carboxylic acids is 3. The number of carbonyl (C=O) groups excluding carboxylic acids is 4. The van der Waals surface area contributed by atoms with E-state index < -0.39 is 65.4 Å². The molecule has 0 aliphatic rings. The van der Waals surface area contributed by atoms with Crippen LogP contribution in [0.2, 0.25) is 0 Å². The molecule has 228 valence electrons. The molecule has 0 aromatic carbocycles. The lowest BCUT2D eigenvalue weighted by Gasteiger charge is -2.27. The van der Waals surface area contributed by atoms with Gasteiger partial charge < -0.3 is 50.9 Å². The zero-order chi connectivity index (χ0) is 30.7. The first-order valence-electron chi connectivity index (χ1n) is 12.3. The van der Waals surface area contributed by atoms with E-state index in [4.69, 9.17) is 30.5 Å². The van der Waals surface area contributed by atoms with Gasteiger partial charge in [-0.2, -0.15) is 0 Å². The zero-order valence-electron chi connectivity index (χ0n) is 22.4. The summed E-state index contributed by atoms with van der Waals surface area (Å²) in [5.41, 5.74) is 5.39. The molecular formula is C23H38N4O12S. The van der Waals surface area contributed by atoms with Crippen LogP contribution in [0.15, 0.2) is 0 Å². The third-order valence-corrected chi connectivity index (χ3v) is 6.74. The summed E-state index contributed by atoms with van der Waals surface area (Å²) in [5.74, 6) is -6.59. The monoisotopic (exact) mass is 594 g/mol. The third-order valence-electron chi connectivity index (χ3n) is 5.22. The van der Waals surface area contributed by atoms with Crippen molar-refractivity contribution in [2.24, 2.45) is 11.7 Å². The predicted molar refractivity (Wildman–Crippen MR) is 140 cm³/mol. The Balaban J connectivity index is 5.09. The lowest BCUT2D eigenvalue weighted by Crippen LogP contribution is -2.50. The molecule has 0 saturated carbocycles. The van der Waals surface area contributed by atoms with Gasteiger partial charge >= 0.3 is 17.9 Å². The van der Waals surface area contributed by atoms with E-state index in [1.165, 1.54) is 18.9 Å². The van der Waals surface area contributed by atoms with E-state index in [0.29, 0.717) is 6.29 Å². The molecule has 4 unspecified atom stereocenters. The summed E-state index contributed by atoms with van der Waals surface area (Å²) < 4.78 is 10.5. The molecular weight excluding hydrogens is 556 g/mol. The quantitative estimate of drug-likeness (QED) is 0.0541. The number of amides is 3. The smallest absolute Gasteiger partial charge is 0.322 e. The van der Waals surface area contributed by atoms with Crippen LogP contribution in [0.1, 0.15) is 26.2 Å². The number of likely N-dealkylation sites (N-methyl/N-ethyl adjacent to an activating group) is 1. The summed E-state index contributed by atoms with van der Waals surface area (Å²) >= 11 is 0.915. The molecule has 7 N–H and O–H groups in total. The van der Waals surface area contributed by atoms with E-state index in [-0.39, 0.29) is 58.0 Å². The summed E-state index contributed by atoms with van der Waals surface area (Å²) in [4.78, 5) is 82.9. The molecule has 17 heteroatoms. The van der Waals surface area contributed by atoms with Gasteiger partial charge in [0, 0.05) is 31.7 Å². The van der Waals surface area contributed by atoms with Crippen molar-refractivity contribution in [3.8, 4) is 0 Å². The topological polar surface area (TPSA) is 252 Å². The first kappa shape index (κ1) is 36.7. The molecule has 0 fully saturated rings. The Morgan fingerprint density at radius 2 is 1.60 bits per heavy atom. The van der Waals surface area contributed by atoms with Crippen LogP contribution in [-0.2, 0) is 43.0 Å². The predicted octanol–water partition coefficient (Wildman–Crippen LogP) is -2.23. The Kier molecular flexibility index (Phi) is 18.9. The molecule has 3 amide bonds. The summed E-state index contributed by atoms with van der Waals surface area (Å²) in [6.07, 6.45) is -0.0841. The maximum absolute atomic E-state index is 13.0. The van der Waals surface area contributed by atoms with E-state index in [1.807, 2.05) is 0 Å². The average Bonchev–Trinajstić information content (AvgIpc) is 2.90. The van der Waals surface area contributed by atoms with E-state index in [1.54, 1.807) is 0 Å². The second-order valence-corrected chi connectivity index (χ2v) is 9.77. The van der Waals surface area contributed by atoms with Crippen LogP contribution >= 0.6 is 11.8 Å². The lowest BCUT2D eigenvalue weighted by molar-refractivity contribution is -0.139. The molecule has 0 heterocycles. The molecule has 0 spiro atoms. The number of carboxylic acid groups (broad SMARTS) is 3. The molecule has 40 heavy (non-hydrogen) atoms. The second kappa shape index (κ2) is 20.6. The first-order valence-corrected chi connectivity index (χ1v) is 13.3. The fourth-order valence-electron chi connectivity index (χ4n) is 2.87. The van der Waals surface area contributed by atoms with E-state index in [9.17, 15) is 33.6 Å². The van der Waals surface area contributed by atoms with Crippen molar-refractivity contribution in [3.05, 3.63) is 0 Å². The van der Waals surface area contributed by atoms with Crippen molar-refractivity contribution in [2.75, 3.05) is 52.3 Å². The zero-order valence-corrected chi connectivity index (χ0v) is 23.2. The Bertz CT molecular complexity index is 875. The maximum Gasteiger partial charge on any atom is 0.322 e. The Hall–Kier alpha value is -3.28. The van der Waals surface area contributed by atoms with Crippen LogP contribution in [0.5, 0.6) is 0 Å². The standard InChI is InChI=1S/C23H38N4O12S/c1-14(12-28)20(22(35)27(2)6-8-39-10-9-38-7-5-18(30)31)40-13-16(21(34)25-11-19(32)33)26-17(29)4-3-15(24)23(36)37/h12,14-16,20H,3-11,13,24H2,1-2H3,(H,25,34)(H,26,29)(H,30,31)(H,32,33)(H,36,37). The minimum Gasteiger partial charge on any atom is -0.481 e. The molecule has 0 aromatic rings. The number of ether oxygens (including phenoxy) is 2. The van der Waals surface area contributed by atoms with Crippen LogP contribution in [0.4, 0.5) is 0 Å². The average molecular weight is 595 g/mol. The maximum atomic E-state index is 13.0. The van der Waals surface area contributed by atoms with Crippen molar-refractivity contribution >= 4 is 53.7 Å². The van der Waals surface area contributed by atoms with Crippen molar-refractivity contribution in [2.45, 2.75) is 43.5 Å². The van der Waals surface area contributed by atoms with Crippen LogP contribution in [0.3, 0.4) is 0 Å². The molecule has 0 rings (SSSR count). The number of rotatable bonds is 23. The Labute approximate surface area is 235 Å². The largest absolute Gasteiger partial charge is 0.481 e. The number of nitrogens with two attached hydrogens (primary N) is 1. The number of nitrogens with zero attached hydrogens (tertiary/aromatic N) is 1. The van der Waals surface area contributed by atoms with Gasteiger partial charge in [0.15, 0.2) is 0 Å². The first-order chi connectivity index (χ1) is 18.8. The summed E-state index contributed by atoms with van der Waals surface area (Å²) in [5, 5.41) is 29.8. The van der Waals surface area contributed by atoms with Gasteiger partial charge in [-0.1, -0.05) is 6.92 Å². The Morgan fingerprint density at radius 3 is 2.15 bits per heavy atom. The summed E-state index contributed by atoms with van der Waals surface area (Å²) in [7, 11) is 1.49. The summed E-state index contributed by atoms with van der Waals surface area (Å²) in [6.45, 7) is 1.46. The molecule has 0 aliphatic heterocycles. The SMILES string of the molecule is CC(C=O)C(SCC(NC(=O)CCC(N)C(=O)O)C(=O)NCC(=O)O)C(=O)N(C)CCOCCOCCC(=O)O. The highest BCUT2D eigenvalue weighted by molar-refractivity contribution is 8.00. The fourth-order valence-corrected chi connectivity index (χ4v) is 4.20. The highest BCUT2D eigenvalue weighted by atomic mass is 32.2. The molecule has 0 saturated heterocycles. The molecule has 16 nitrogen and oxygen atoms in total. The van der Waals surface area contributed by atoms with Gasteiger partial charge in [-0.25, -0.2) is 0 Å². The van der Waals surface area contributed by atoms with Gasteiger partial charge in [0.25, 0.3) is 0 Å². The van der Waals surface area contributed by atoms with E-state index in [2.05, 4.69) is 10.6 Å². The molecule has 4 atom stereocenters. The van der Waals surface area contributed by atoms with Gasteiger partial charge in [0.2, 0.25) is 17.7 Å². The van der Waals surface area contributed by atoms with Crippen LogP contribution in [0.25, 0.3) is 0 Å². The highest BCUT2D eigenvalue weighted by Crippen LogP contribution is 2.22. The van der Waals surface area contributed by atoms with Crippen LogP contribution in [-0.4, -0.2) is 132 Å². The fraction of sp³-hybridized carbons (Fsp3) is 0.696. The van der Waals surface area contributed by atoms with Crippen molar-refractivity contribution in [1.29, 1.82) is 0 Å². The number of carbonyl (C=O) groups is 7. The number of hydrogen-bond donors (Lipinski definition) is 6. The van der Waals surface area contributed by atoms with Crippen LogP contribution < -0.4 is 16.4 Å². The highest BCUT2D eigenvalue weighted by Gasteiger charge is 2.31. The Morgan fingerprint density at radius 1 is 0.975 bits per heavy atom.